The van der Waals surface area contributed by atoms with Gasteiger partial charge >= 0.3 is 0 Å². The average Bonchev–Trinajstić information content (AvgIpc) is 2.31. The van der Waals surface area contributed by atoms with Crippen molar-refractivity contribution in [3.8, 4) is 0 Å². The van der Waals surface area contributed by atoms with Crippen LogP contribution in [0.4, 0.5) is 5.95 Å². The molecule has 1 aromatic heterocycles. The Morgan fingerprint density at radius 2 is 2.00 bits per heavy atom. The van der Waals surface area contributed by atoms with E-state index in [1.165, 1.54) is 16.7 Å². The van der Waals surface area contributed by atoms with Gasteiger partial charge in [-0.1, -0.05) is 29.8 Å². The lowest BCUT2D eigenvalue weighted by atomic mass is 10.1. The molecule has 0 aliphatic heterocycles. The van der Waals surface area contributed by atoms with Crippen LogP contribution < -0.4 is 5.32 Å². The number of nitrogens with one attached hydrogen (secondary N) is 1. The van der Waals surface area contributed by atoms with Crippen LogP contribution in [0, 0.1) is 13.8 Å². The van der Waals surface area contributed by atoms with Crippen molar-refractivity contribution < 1.29 is 0 Å². The summed E-state index contributed by atoms with van der Waals surface area (Å²) >= 11 is 5.78. The molecule has 0 amide bonds. The van der Waals surface area contributed by atoms with E-state index in [4.69, 9.17) is 11.6 Å². The van der Waals surface area contributed by atoms with E-state index in [1.807, 2.05) is 0 Å². The van der Waals surface area contributed by atoms with Crippen LogP contribution in [0.3, 0.4) is 0 Å². The van der Waals surface area contributed by atoms with Crippen molar-refractivity contribution in [2.24, 2.45) is 0 Å². The molecular formula is C13H14ClN3. The molecule has 0 radical (unpaired) electrons. The van der Waals surface area contributed by atoms with Crippen LogP contribution in [-0.2, 0) is 6.54 Å². The van der Waals surface area contributed by atoms with Gasteiger partial charge in [-0.3, -0.25) is 0 Å². The molecule has 2 rings (SSSR count). The standard InChI is InChI=1S/C13H14ClN3/c1-9-3-4-11(7-10(9)2)8-16-13-15-6-5-12(14)17-13/h3-7H,8H2,1-2H3,(H,15,16,17). The summed E-state index contributed by atoms with van der Waals surface area (Å²) < 4.78 is 0. The average molecular weight is 248 g/mol. The largest absolute Gasteiger partial charge is 0.350 e. The minimum Gasteiger partial charge on any atom is -0.350 e. The Morgan fingerprint density at radius 1 is 1.18 bits per heavy atom. The summed E-state index contributed by atoms with van der Waals surface area (Å²) in [6, 6.07) is 8.03. The van der Waals surface area contributed by atoms with E-state index in [0.717, 1.165) is 0 Å². The van der Waals surface area contributed by atoms with Crippen molar-refractivity contribution in [2.45, 2.75) is 20.4 Å². The van der Waals surface area contributed by atoms with E-state index >= 15 is 0 Å². The van der Waals surface area contributed by atoms with E-state index in [9.17, 15) is 0 Å². The molecule has 0 bridgehead atoms. The monoisotopic (exact) mass is 247 g/mol. The Labute approximate surface area is 106 Å². The lowest BCUT2D eigenvalue weighted by Crippen LogP contribution is -2.03. The van der Waals surface area contributed by atoms with Gasteiger partial charge in [0.05, 0.1) is 0 Å². The van der Waals surface area contributed by atoms with Gasteiger partial charge in [-0.05, 0) is 36.6 Å². The maximum absolute atomic E-state index is 5.78. The van der Waals surface area contributed by atoms with Gasteiger partial charge in [-0.25, -0.2) is 9.97 Å². The topological polar surface area (TPSA) is 37.8 Å². The number of nitrogens with zero attached hydrogens (tertiary/aromatic N) is 2. The van der Waals surface area contributed by atoms with Gasteiger partial charge in [0.2, 0.25) is 5.95 Å². The summed E-state index contributed by atoms with van der Waals surface area (Å²) in [7, 11) is 0. The van der Waals surface area contributed by atoms with E-state index in [0.29, 0.717) is 17.6 Å². The maximum Gasteiger partial charge on any atom is 0.224 e. The molecule has 0 saturated carbocycles. The fourth-order valence-corrected chi connectivity index (χ4v) is 1.65. The predicted octanol–water partition coefficient (Wildman–Crippen LogP) is 3.36. The Bertz CT molecular complexity index is 526. The second-order valence-corrected chi connectivity index (χ2v) is 4.36. The van der Waals surface area contributed by atoms with Crippen LogP contribution in [-0.4, -0.2) is 9.97 Å². The molecule has 0 aliphatic carbocycles. The second-order valence-electron chi connectivity index (χ2n) is 3.98. The number of aromatic nitrogens is 2. The highest BCUT2D eigenvalue weighted by Crippen LogP contribution is 2.11. The number of aryl methyl sites for hydroxylation is 2. The van der Waals surface area contributed by atoms with E-state index < -0.39 is 0 Å². The summed E-state index contributed by atoms with van der Waals surface area (Å²) in [5, 5.41) is 3.59. The first kappa shape index (κ1) is 11.9. The second kappa shape index (κ2) is 5.15. The third kappa shape index (κ3) is 3.17. The molecule has 0 atom stereocenters. The number of halogens is 1. The lowest BCUT2D eigenvalue weighted by molar-refractivity contribution is 1.05. The molecule has 3 nitrogen and oxygen atoms in total. The summed E-state index contributed by atoms with van der Waals surface area (Å²) in [6.07, 6.45) is 1.64. The summed E-state index contributed by atoms with van der Waals surface area (Å²) in [6.45, 7) is 4.91. The Balaban J connectivity index is 2.05. The minimum absolute atomic E-state index is 0.447. The van der Waals surface area contributed by atoms with Crippen LogP contribution in [0.1, 0.15) is 16.7 Å². The van der Waals surface area contributed by atoms with Gasteiger partial charge < -0.3 is 5.32 Å². The van der Waals surface area contributed by atoms with E-state index in [-0.39, 0.29) is 0 Å². The number of rotatable bonds is 3. The van der Waals surface area contributed by atoms with Crippen molar-refractivity contribution in [1.29, 1.82) is 0 Å². The van der Waals surface area contributed by atoms with Crippen molar-refractivity contribution in [3.05, 3.63) is 52.3 Å². The zero-order chi connectivity index (χ0) is 12.3. The molecule has 1 heterocycles. The molecule has 0 saturated heterocycles. The highest BCUT2D eigenvalue weighted by molar-refractivity contribution is 6.29. The van der Waals surface area contributed by atoms with Crippen LogP contribution in [0.5, 0.6) is 0 Å². The molecule has 88 valence electrons. The van der Waals surface area contributed by atoms with Crippen molar-refractivity contribution in [3.63, 3.8) is 0 Å². The van der Waals surface area contributed by atoms with Crippen molar-refractivity contribution in [1.82, 2.24) is 9.97 Å². The first-order chi connectivity index (χ1) is 8.15. The number of hydrogen-bond donors (Lipinski definition) is 1. The first-order valence-electron chi connectivity index (χ1n) is 5.44. The maximum atomic E-state index is 5.78. The molecule has 17 heavy (non-hydrogen) atoms. The molecule has 2 aromatic rings. The molecular weight excluding hydrogens is 234 g/mol. The van der Waals surface area contributed by atoms with Gasteiger partial charge in [0.15, 0.2) is 0 Å². The number of benzene rings is 1. The highest BCUT2D eigenvalue weighted by atomic mass is 35.5. The van der Waals surface area contributed by atoms with E-state index in [2.05, 4.69) is 47.3 Å². The lowest BCUT2D eigenvalue weighted by Gasteiger charge is -2.07. The number of hydrogen-bond acceptors (Lipinski definition) is 3. The fraction of sp³-hybridized carbons (Fsp3) is 0.231. The molecule has 4 heteroatoms. The highest BCUT2D eigenvalue weighted by Gasteiger charge is 1.99. The molecule has 0 spiro atoms. The van der Waals surface area contributed by atoms with Gasteiger partial charge in [-0.15, -0.1) is 0 Å². The molecule has 1 N–H and O–H groups in total. The van der Waals surface area contributed by atoms with Crippen molar-refractivity contribution >= 4 is 17.5 Å². The molecule has 0 fully saturated rings. The Morgan fingerprint density at radius 3 is 2.71 bits per heavy atom. The summed E-state index contributed by atoms with van der Waals surface area (Å²) in [5.41, 5.74) is 3.79. The minimum atomic E-state index is 0.447. The van der Waals surface area contributed by atoms with Crippen molar-refractivity contribution in [2.75, 3.05) is 5.32 Å². The Kier molecular flexibility index (Phi) is 3.59. The zero-order valence-corrected chi connectivity index (χ0v) is 10.6. The molecule has 0 aliphatic rings. The van der Waals surface area contributed by atoms with Gasteiger partial charge in [-0.2, -0.15) is 0 Å². The third-order valence-corrected chi connectivity index (χ3v) is 2.85. The quantitative estimate of drug-likeness (QED) is 0.846. The summed E-state index contributed by atoms with van der Waals surface area (Å²) in [5.74, 6) is 0.552. The fourth-order valence-electron chi connectivity index (χ4n) is 1.52. The molecule has 0 unspecified atom stereocenters. The molecule has 1 aromatic carbocycles. The summed E-state index contributed by atoms with van der Waals surface area (Å²) in [4.78, 5) is 8.16. The normalized spacial score (nSPS) is 10.3. The smallest absolute Gasteiger partial charge is 0.224 e. The van der Waals surface area contributed by atoms with Crippen LogP contribution >= 0.6 is 11.6 Å². The van der Waals surface area contributed by atoms with Crippen LogP contribution in [0.15, 0.2) is 30.5 Å². The van der Waals surface area contributed by atoms with Gasteiger partial charge in [0.25, 0.3) is 0 Å². The first-order valence-corrected chi connectivity index (χ1v) is 5.81. The predicted molar refractivity (Wildman–Crippen MR) is 70.3 cm³/mol. The number of anilines is 1. The Hall–Kier alpha value is -1.61. The zero-order valence-electron chi connectivity index (χ0n) is 9.87. The van der Waals surface area contributed by atoms with Gasteiger partial charge in [0.1, 0.15) is 5.15 Å². The third-order valence-electron chi connectivity index (χ3n) is 2.64. The van der Waals surface area contributed by atoms with Crippen LogP contribution in [0.25, 0.3) is 0 Å². The SMILES string of the molecule is Cc1ccc(CNc2nccc(Cl)n2)cc1C. The van der Waals surface area contributed by atoms with Gasteiger partial charge in [0, 0.05) is 12.7 Å². The van der Waals surface area contributed by atoms with E-state index in [1.54, 1.807) is 12.3 Å². The van der Waals surface area contributed by atoms with Crippen LogP contribution in [0.2, 0.25) is 5.15 Å².